The van der Waals surface area contributed by atoms with E-state index in [9.17, 15) is 9.59 Å². The largest absolute Gasteiger partial charge is 0.465 e. The Bertz CT molecular complexity index is 601. The third-order valence-electron chi connectivity index (χ3n) is 2.54. The van der Waals surface area contributed by atoms with Crippen molar-refractivity contribution in [2.24, 2.45) is 4.99 Å². The zero-order valence-electron chi connectivity index (χ0n) is 12.1. The molecule has 6 heteroatoms. The molecule has 0 aliphatic heterocycles. The summed E-state index contributed by atoms with van der Waals surface area (Å²) >= 11 is 0. The minimum Gasteiger partial charge on any atom is -0.465 e. The van der Waals surface area contributed by atoms with Gasteiger partial charge in [-0.05, 0) is 19.1 Å². The normalized spacial score (nSPS) is 11.3. The van der Waals surface area contributed by atoms with E-state index in [2.05, 4.69) is 26.0 Å². The van der Waals surface area contributed by atoms with Gasteiger partial charge >= 0.3 is 11.9 Å². The number of methoxy groups -OCH3 is 2. The second kappa shape index (κ2) is 7.74. The van der Waals surface area contributed by atoms with Crippen molar-refractivity contribution in [2.45, 2.75) is 6.92 Å². The summed E-state index contributed by atoms with van der Waals surface area (Å²) in [5.74, 6) is -0.995. The van der Waals surface area contributed by atoms with E-state index < -0.39 is 11.9 Å². The predicted molar refractivity (Wildman–Crippen MR) is 78.9 cm³/mol. The summed E-state index contributed by atoms with van der Waals surface area (Å²) in [4.78, 5) is 30.7. The number of aromatic nitrogens is 1. The summed E-state index contributed by atoms with van der Waals surface area (Å²) in [7, 11) is 2.58. The van der Waals surface area contributed by atoms with Crippen LogP contribution in [0.25, 0.3) is 5.57 Å². The molecule has 0 bridgehead atoms. The van der Waals surface area contributed by atoms with Crippen molar-refractivity contribution in [1.82, 2.24) is 4.98 Å². The third kappa shape index (κ3) is 4.38. The van der Waals surface area contributed by atoms with Crippen molar-refractivity contribution in [3.05, 3.63) is 47.9 Å². The van der Waals surface area contributed by atoms with E-state index in [4.69, 9.17) is 0 Å². The van der Waals surface area contributed by atoms with Crippen molar-refractivity contribution in [2.75, 3.05) is 14.2 Å². The van der Waals surface area contributed by atoms with Crippen molar-refractivity contribution in [3.63, 3.8) is 0 Å². The fourth-order valence-electron chi connectivity index (χ4n) is 1.39. The Balaban J connectivity index is 2.85. The van der Waals surface area contributed by atoms with E-state index in [1.54, 1.807) is 19.1 Å². The smallest absolute Gasteiger partial charge is 0.356 e. The topological polar surface area (TPSA) is 77.8 Å². The summed E-state index contributed by atoms with van der Waals surface area (Å²) in [6.07, 6.45) is 4.33. The lowest BCUT2D eigenvalue weighted by atomic mass is 10.2. The summed E-state index contributed by atoms with van der Waals surface area (Å²) in [5.41, 5.74) is 1.54. The SMILES string of the molecule is C=C(C=N/C(=C\C)C(=O)OC)c1ccc(C(=O)OC)cn1. The van der Waals surface area contributed by atoms with Crippen LogP contribution in [0.5, 0.6) is 0 Å². The molecule has 110 valence electrons. The Morgan fingerprint density at radius 1 is 1.29 bits per heavy atom. The van der Waals surface area contributed by atoms with E-state index >= 15 is 0 Å². The lowest BCUT2D eigenvalue weighted by molar-refractivity contribution is -0.136. The average Bonchev–Trinajstić information content (AvgIpc) is 2.54. The molecule has 1 aromatic heterocycles. The third-order valence-corrected chi connectivity index (χ3v) is 2.54. The van der Waals surface area contributed by atoms with Gasteiger partial charge in [0.25, 0.3) is 0 Å². The maximum Gasteiger partial charge on any atom is 0.356 e. The number of rotatable bonds is 5. The van der Waals surface area contributed by atoms with Gasteiger partial charge in [-0.1, -0.05) is 12.7 Å². The summed E-state index contributed by atoms with van der Waals surface area (Å²) < 4.78 is 9.16. The number of ether oxygens (including phenoxy) is 2. The number of nitrogens with zero attached hydrogens (tertiary/aromatic N) is 2. The number of pyridine rings is 1. The van der Waals surface area contributed by atoms with Gasteiger partial charge in [0.2, 0.25) is 0 Å². The average molecular weight is 288 g/mol. The van der Waals surface area contributed by atoms with Crippen molar-refractivity contribution in [3.8, 4) is 0 Å². The molecule has 1 heterocycles. The van der Waals surface area contributed by atoms with Gasteiger partial charge in [0.15, 0.2) is 0 Å². The second-order valence-corrected chi connectivity index (χ2v) is 3.87. The van der Waals surface area contributed by atoms with E-state index in [-0.39, 0.29) is 5.70 Å². The zero-order valence-corrected chi connectivity index (χ0v) is 12.1. The first-order chi connectivity index (χ1) is 10.0. The molecule has 1 aromatic rings. The van der Waals surface area contributed by atoms with Gasteiger partial charge < -0.3 is 9.47 Å². The van der Waals surface area contributed by atoms with Gasteiger partial charge in [0, 0.05) is 18.0 Å². The van der Waals surface area contributed by atoms with Crippen LogP contribution < -0.4 is 0 Å². The van der Waals surface area contributed by atoms with Crippen LogP contribution >= 0.6 is 0 Å². The Morgan fingerprint density at radius 3 is 2.48 bits per heavy atom. The molecule has 0 radical (unpaired) electrons. The van der Waals surface area contributed by atoms with Crippen LogP contribution in [0.1, 0.15) is 23.0 Å². The molecule has 0 spiro atoms. The molecule has 0 aromatic carbocycles. The second-order valence-electron chi connectivity index (χ2n) is 3.87. The van der Waals surface area contributed by atoms with Gasteiger partial charge in [-0.2, -0.15) is 0 Å². The highest BCUT2D eigenvalue weighted by Crippen LogP contribution is 2.10. The fraction of sp³-hybridized carbons (Fsp3) is 0.200. The van der Waals surface area contributed by atoms with Gasteiger partial charge in [0.1, 0.15) is 5.70 Å². The summed E-state index contributed by atoms with van der Waals surface area (Å²) in [5, 5.41) is 0. The summed E-state index contributed by atoms with van der Waals surface area (Å²) in [6, 6.07) is 3.19. The molecule has 0 fully saturated rings. The Hall–Kier alpha value is -2.76. The van der Waals surface area contributed by atoms with E-state index in [0.717, 1.165) is 0 Å². The Kier molecular flexibility index (Phi) is 6.00. The number of hydrogen-bond acceptors (Lipinski definition) is 6. The molecule has 0 aliphatic carbocycles. The molecule has 0 amide bonds. The van der Waals surface area contributed by atoms with Crippen LogP contribution in [-0.4, -0.2) is 37.4 Å². The van der Waals surface area contributed by atoms with Gasteiger partial charge in [-0.15, -0.1) is 0 Å². The van der Waals surface area contributed by atoms with Crippen LogP contribution in [0.4, 0.5) is 0 Å². The number of aliphatic imine (C=N–C) groups is 1. The minimum atomic E-state index is -0.532. The first-order valence-corrected chi connectivity index (χ1v) is 6.05. The van der Waals surface area contributed by atoms with E-state index in [1.807, 2.05) is 0 Å². The number of carbonyl (C=O) groups is 2. The molecule has 21 heavy (non-hydrogen) atoms. The Morgan fingerprint density at radius 2 is 2.00 bits per heavy atom. The quantitative estimate of drug-likeness (QED) is 0.470. The van der Waals surface area contributed by atoms with Gasteiger partial charge in [-0.25, -0.2) is 14.6 Å². The van der Waals surface area contributed by atoms with Crippen LogP contribution in [0, 0.1) is 0 Å². The highest BCUT2D eigenvalue weighted by Gasteiger charge is 2.08. The van der Waals surface area contributed by atoms with Crippen LogP contribution in [0.3, 0.4) is 0 Å². The first-order valence-electron chi connectivity index (χ1n) is 6.05. The lowest BCUT2D eigenvalue weighted by Crippen LogP contribution is -2.04. The van der Waals surface area contributed by atoms with Crippen LogP contribution in [0.2, 0.25) is 0 Å². The number of carbonyl (C=O) groups excluding carboxylic acids is 2. The maximum atomic E-state index is 11.3. The minimum absolute atomic E-state index is 0.171. The number of allylic oxidation sites excluding steroid dienone is 2. The van der Waals surface area contributed by atoms with E-state index in [0.29, 0.717) is 16.8 Å². The Labute approximate surface area is 122 Å². The first kappa shape index (κ1) is 16.3. The number of hydrogen-bond donors (Lipinski definition) is 0. The van der Waals surface area contributed by atoms with Crippen molar-refractivity contribution in [1.29, 1.82) is 0 Å². The molecular formula is C15H16N2O4. The molecule has 0 N–H and O–H groups in total. The molecule has 0 saturated carbocycles. The summed E-state index contributed by atoms with van der Waals surface area (Å²) in [6.45, 7) is 5.48. The van der Waals surface area contributed by atoms with Gasteiger partial charge in [-0.3, -0.25) is 4.98 Å². The molecule has 0 atom stereocenters. The zero-order chi connectivity index (χ0) is 15.8. The van der Waals surface area contributed by atoms with Crippen molar-refractivity contribution >= 4 is 23.7 Å². The van der Waals surface area contributed by atoms with Gasteiger partial charge in [0.05, 0.1) is 25.5 Å². The van der Waals surface area contributed by atoms with Crippen molar-refractivity contribution < 1.29 is 19.1 Å². The highest BCUT2D eigenvalue weighted by atomic mass is 16.5. The predicted octanol–water partition coefficient (Wildman–Crippen LogP) is 2.03. The fourth-order valence-corrected chi connectivity index (χ4v) is 1.39. The molecule has 0 saturated heterocycles. The lowest BCUT2D eigenvalue weighted by Gasteiger charge is -2.02. The maximum absolute atomic E-state index is 11.3. The monoisotopic (exact) mass is 288 g/mol. The molecule has 1 rings (SSSR count). The molecular weight excluding hydrogens is 272 g/mol. The van der Waals surface area contributed by atoms with E-state index in [1.165, 1.54) is 32.7 Å². The molecule has 0 unspecified atom stereocenters. The van der Waals surface area contributed by atoms with Crippen LogP contribution in [-0.2, 0) is 14.3 Å². The standard InChI is InChI=1S/C15H16N2O4/c1-5-12(15(19)21-4)16-8-10(2)13-7-6-11(9-17-13)14(18)20-3/h5-9H,2H2,1,3-4H3/b12-5-,16-8?. The highest BCUT2D eigenvalue weighted by molar-refractivity contribution is 6.09. The molecule has 6 nitrogen and oxygen atoms in total. The van der Waals surface area contributed by atoms with Crippen LogP contribution in [0.15, 0.2) is 41.7 Å². The number of esters is 2. The molecule has 0 aliphatic rings.